The predicted molar refractivity (Wildman–Crippen MR) is 77.7 cm³/mol. The van der Waals surface area contributed by atoms with Crippen LogP contribution in [0.2, 0.25) is 5.02 Å². The highest BCUT2D eigenvalue weighted by Crippen LogP contribution is 2.42. The third-order valence-corrected chi connectivity index (χ3v) is 4.59. The van der Waals surface area contributed by atoms with Gasteiger partial charge in [-0.3, -0.25) is 0 Å². The minimum atomic E-state index is 0.509. The van der Waals surface area contributed by atoms with Crippen LogP contribution in [0, 0.1) is 5.92 Å². The quantitative estimate of drug-likeness (QED) is 0.805. The number of hydrogen-bond donors (Lipinski definition) is 2. The molecule has 0 spiro atoms. The number of allylic oxidation sites excluding steroid dienone is 2. The Balaban J connectivity index is 2.53. The minimum absolute atomic E-state index is 0.509. The van der Waals surface area contributed by atoms with Crippen LogP contribution in [0.5, 0.6) is 0 Å². The van der Waals surface area contributed by atoms with E-state index in [1.807, 2.05) is 12.1 Å². The number of anilines is 1. The van der Waals surface area contributed by atoms with Crippen LogP contribution in [-0.2, 0) is 0 Å². The van der Waals surface area contributed by atoms with Gasteiger partial charge in [-0.1, -0.05) is 18.5 Å². The Labute approximate surface area is 115 Å². The Bertz CT molecular complexity index is 483. The summed E-state index contributed by atoms with van der Waals surface area (Å²) >= 11 is 9.51. The molecule has 0 amide bonds. The van der Waals surface area contributed by atoms with Gasteiger partial charge in [-0.15, -0.1) is 0 Å². The van der Waals surface area contributed by atoms with E-state index in [-0.39, 0.29) is 0 Å². The molecule has 0 saturated heterocycles. The Morgan fingerprint density at radius 2 is 2.12 bits per heavy atom. The summed E-state index contributed by atoms with van der Waals surface area (Å²) in [5, 5.41) is 0.677. The molecule has 0 aromatic heterocycles. The van der Waals surface area contributed by atoms with Gasteiger partial charge in [0.15, 0.2) is 0 Å². The van der Waals surface area contributed by atoms with Crippen molar-refractivity contribution >= 4 is 38.8 Å². The summed E-state index contributed by atoms with van der Waals surface area (Å²) in [7, 11) is 0. The molecule has 1 aliphatic carbocycles. The first-order valence-corrected chi connectivity index (χ1v) is 6.95. The van der Waals surface area contributed by atoms with Gasteiger partial charge in [-0.05, 0) is 58.8 Å². The Hall–Kier alpha value is -0.670. The second kappa shape index (κ2) is 4.91. The van der Waals surface area contributed by atoms with E-state index in [1.165, 1.54) is 5.57 Å². The van der Waals surface area contributed by atoms with Crippen LogP contribution in [0.25, 0.3) is 5.57 Å². The number of halogens is 2. The summed E-state index contributed by atoms with van der Waals surface area (Å²) in [5.41, 5.74) is 16.1. The van der Waals surface area contributed by atoms with Crippen LogP contribution < -0.4 is 11.5 Å². The topological polar surface area (TPSA) is 52.0 Å². The molecule has 4 N–H and O–H groups in total. The number of benzene rings is 1. The van der Waals surface area contributed by atoms with E-state index in [4.69, 9.17) is 23.1 Å². The lowest BCUT2D eigenvalue weighted by Gasteiger charge is -2.16. The maximum atomic E-state index is 6.14. The molecule has 0 heterocycles. The summed E-state index contributed by atoms with van der Waals surface area (Å²) in [5.74, 6) is 0.509. The lowest BCUT2D eigenvalue weighted by Crippen LogP contribution is -2.04. The van der Waals surface area contributed by atoms with E-state index in [0.29, 0.717) is 10.9 Å². The molecule has 92 valence electrons. The largest absolute Gasteiger partial charge is 0.402 e. The van der Waals surface area contributed by atoms with Gasteiger partial charge in [0.1, 0.15) is 0 Å². The van der Waals surface area contributed by atoms with Crippen molar-refractivity contribution in [3.63, 3.8) is 0 Å². The van der Waals surface area contributed by atoms with Crippen molar-refractivity contribution in [3.8, 4) is 0 Å². The highest BCUT2D eigenvalue weighted by molar-refractivity contribution is 9.10. The van der Waals surface area contributed by atoms with Crippen molar-refractivity contribution < 1.29 is 0 Å². The molecule has 1 aromatic carbocycles. The fourth-order valence-corrected chi connectivity index (χ4v) is 2.99. The van der Waals surface area contributed by atoms with Gasteiger partial charge >= 0.3 is 0 Å². The Morgan fingerprint density at radius 1 is 1.41 bits per heavy atom. The highest BCUT2D eigenvalue weighted by Gasteiger charge is 2.25. The molecule has 0 fully saturated rings. The normalized spacial score (nSPS) is 20.1. The molecule has 2 rings (SSSR count). The summed E-state index contributed by atoms with van der Waals surface area (Å²) in [6, 6.07) is 3.76. The van der Waals surface area contributed by atoms with Crippen molar-refractivity contribution in [1.82, 2.24) is 0 Å². The van der Waals surface area contributed by atoms with Crippen LogP contribution in [0.3, 0.4) is 0 Å². The van der Waals surface area contributed by atoms with Crippen LogP contribution in [0.15, 0.2) is 22.3 Å². The fraction of sp³-hybridized carbons (Fsp3) is 0.385. The summed E-state index contributed by atoms with van der Waals surface area (Å²) in [6.07, 6.45) is 3.16. The summed E-state index contributed by atoms with van der Waals surface area (Å²) < 4.78 is 0.825. The van der Waals surface area contributed by atoms with Crippen molar-refractivity contribution in [3.05, 3.63) is 32.9 Å². The van der Waals surface area contributed by atoms with Gasteiger partial charge in [0, 0.05) is 21.4 Å². The van der Waals surface area contributed by atoms with E-state index >= 15 is 0 Å². The lowest BCUT2D eigenvalue weighted by atomic mass is 9.91. The maximum absolute atomic E-state index is 6.14. The van der Waals surface area contributed by atoms with E-state index in [2.05, 4.69) is 22.9 Å². The molecular formula is C13H16BrClN2. The minimum Gasteiger partial charge on any atom is -0.402 e. The highest BCUT2D eigenvalue weighted by atomic mass is 79.9. The van der Waals surface area contributed by atoms with E-state index in [0.717, 1.165) is 40.7 Å². The molecule has 0 radical (unpaired) electrons. The first-order chi connectivity index (χ1) is 8.04. The van der Waals surface area contributed by atoms with Gasteiger partial charge in [0.2, 0.25) is 0 Å². The van der Waals surface area contributed by atoms with E-state index in [1.54, 1.807) is 0 Å². The van der Waals surface area contributed by atoms with Crippen LogP contribution in [0.4, 0.5) is 5.69 Å². The third-order valence-electron chi connectivity index (χ3n) is 3.39. The molecule has 0 saturated carbocycles. The predicted octanol–water partition coefficient (Wildman–Crippen LogP) is 4.17. The molecule has 1 aliphatic rings. The van der Waals surface area contributed by atoms with Gasteiger partial charge in [0.05, 0.1) is 5.02 Å². The third kappa shape index (κ3) is 2.31. The average Bonchev–Trinajstić information content (AvgIpc) is 2.65. The molecule has 17 heavy (non-hydrogen) atoms. The van der Waals surface area contributed by atoms with Gasteiger partial charge < -0.3 is 11.5 Å². The van der Waals surface area contributed by atoms with Gasteiger partial charge in [0.25, 0.3) is 0 Å². The molecule has 0 aliphatic heterocycles. The van der Waals surface area contributed by atoms with E-state index in [9.17, 15) is 0 Å². The molecule has 2 nitrogen and oxygen atoms in total. The average molecular weight is 316 g/mol. The van der Waals surface area contributed by atoms with Crippen LogP contribution >= 0.6 is 27.5 Å². The Morgan fingerprint density at radius 3 is 2.76 bits per heavy atom. The standard InChI is InChI=1S/C13H16BrClN2/c1-2-7-3-4-11(16)13(7)8-5-10(15)9(14)6-12(8)17/h5-7H,2-4,16-17H2,1H3. The van der Waals surface area contributed by atoms with Crippen LogP contribution in [0.1, 0.15) is 31.7 Å². The first-order valence-electron chi connectivity index (χ1n) is 5.78. The first kappa shape index (κ1) is 12.8. The second-order valence-corrected chi connectivity index (χ2v) is 5.70. The van der Waals surface area contributed by atoms with Crippen molar-refractivity contribution in [2.75, 3.05) is 5.73 Å². The zero-order chi connectivity index (χ0) is 12.6. The monoisotopic (exact) mass is 314 g/mol. The zero-order valence-electron chi connectivity index (χ0n) is 9.76. The van der Waals surface area contributed by atoms with Crippen molar-refractivity contribution in [2.45, 2.75) is 26.2 Å². The number of nitrogens with two attached hydrogens (primary N) is 2. The summed E-state index contributed by atoms with van der Waals surface area (Å²) in [6.45, 7) is 2.18. The SMILES string of the molecule is CCC1CCC(N)=C1c1cc(Cl)c(Br)cc1N. The summed E-state index contributed by atoms with van der Waals surface area (Å²) in [4.78, 5) is 0. The molecular weight excluding hydrogens is 300 g/mol. The zero-order valence-corrected chi connectivity index (χ0v) is 12.1. The van der Waals surface area contributed by atoms with Gasteiger partial charge in [-0.25, -0.2) is 0 Å². The van der Waals surface area contributed by atoms with E-state index < -0.39 is 0 Å². The number of nitrogen functional groups attached to an aromatic ring is 1. The molecule has 1 aromatic rings. The Kier molecular flexibility index (Phi) is 3.69. The molecule has 1 unspecified atom stereocenters. The van der Waals surface area contributed by atoms with Gasteiger partial charge in [-0.2, -0.15) is 0 Å². The van der Waals surface area contributed by atoms with Crippen LogP contribution in [-0.4, -0.2) is 0 Å². The second-order valence-electron chi connectivity index (χ2n) is 4.44. The van der Waals surface area contributed by atoms with Crippen molar-refractivity contribution in [1.29, 1.82) is 0 Å². The molecule has 1 atom stereocenters. The molecule has 0 bridgehead atoms. The van der Waals surface area contributed by atoms with Crippen molar-refractivity contribution in [2.24, 2.45) is 11.7 Å². The maximum Gasteiger partial charge on any atom is 0.0555 e. The lowest BCUT2D eigenvalue weighted by molar-refractivity contribution is 0.623. The number of rotatable bonds is 2. The smallest absolute Gasteiger partial charge is 0.0555 e. The molecule has 4 heteroatoms. The fourth-order valence-electron chi connectivity index (χ4n) is 2.47. The number of hydrogen-bond acceptors (Lipinski definition) is 2.